The lowest BCUT2D eigenvalue weighted by molar-refractivity contribution is -0.0499. The van der Waals surface area contributed by atoms with Crippen molar-refractivity contribution in [2.75, 3.05) is 7.11 Å². The normalized spacial score (nSPS) is 15.5. The zero-order valence-corrected chi connectivity index (χ0v) is 17.5. The van der Waals surface area contributed by atoms with E-state index in [4.69, 9.17) is 16.3 Å². The molecule has 0 aliphatic carbocycles. The molecular formula is C21H19ClF2N4O3. The van der Waals surface area contributed by atoms with Gasteiger partial charge in [-0.05, 0) is 29.3 Å². The van der Waals surface area contributed by atoms with Gasteiger partial charge in [0.1, 0.15) is 5.75 Å². The summed E-state index contributed by atoms with van der Waals surface area (Å²) in [5, 5.41) is 4.62. The summed E-state index contributed by atoms with van der Waals surface area (Å²) in [7, 11) is 3.28. The van der Waals surface area contributed by atoms with Gasteiger partial charge in [-0.3, -0.25) is 9.48 Å². The molecule has 0 fully saturated rings. The van der Waals surface area contributed by atoms with Gasteiger partial charge in [-0.1, -0.05) is 17.7 Å². The Morgan fingerprint density at radius 3 is 2.65 bits per heavy atom. The minimum absolute atomic E-state index is 0.00406. The number of amides is 1. The van der Waals surface area contributed by atoms with Crippen LogP contribution in [0.2, 0.25) is 5.02 Å². The number of hydrogen-bond acceptors (Lipinski definition) is 5. The monoisotopic (exact) mass is 448 g/mol. The van der Waals surface area contributed by atoms with Crippen molar-refractivity contribution < 1.29 is 23.0 Å². The number of benzene rings is 1. The van der Waals surface area contributed by atoms with Gasteiger partial charge in [0.05, 0.1) is 30.1 Å². The standard InChI is InChI=1S/C21H19ClF2N4O3/c1-27-18(16(22)10-26-27)8-17-15-7-13(31-21(23)24)4-5-14(15)20(29)28(17)11-12-3-6-19(30-2)25-9-12/h3-7,9-10,17,21H,8,11H2,1-2H3. The molecule has 1 aliphatic heterocycles. The lowest BCUT2D eigenvalue weighted by Gasteiger charge is -2.26. The maximum atomic E-state index is 13.2. The Balaban J connectivity index is 1.71. The van der Waals surface area contributed by atoms with E-state index in [9.17, 15) is 13.6 Å². The van der Waals surface area contributed by atoms with Gasteiger partial charge in [0.15, 0.2) is 0 Å². The first-order valence-electron chi connectivity index (χ1n) is 9.42. The smallest absolute Gasteiger partial charge is 0.387 e. The zero-order chi connectivity index (χ0) is 22.1. The highest BCUT2D eigenvalue weighted by Gasteiger charge is 2.38. The van der Waals surface area contributed by atoms with Crippen LogP contribution in [0, 0.1) is 0 Å². The SMILES string of the molecule is COc1ccc(CN2C(=O)c3ccc(OC(F)F)cc3C2Cc2c(Cl)cnn2C)cn1. The van der Waals surface area contributed by atoms with E-state index in [0.29, 0.717) is 28.5 Å². The number of rotatable bonds is 7. The molecule has 1 amide bonds. The summed E-state index contributed by atoms with van der Waals surface area (Å²) in [5.41, 5.74) is 2.56. The molecule has 4 rings (SSSR count). The summed E-state index contributed by atoms with van der Waals surface area (Å²) < 4.78 is 36.7. The second-order valence-corrected chi connectivity index (χ2v) is 7.46. The molecule has 0 N–H and O–H groups in total. The molecule has 1 unspecified atom stereocenters. The van der Waals surface area contributed by atoms with Gasteiger partial charge < -0.3 is 14.4 Å². The van der Waals surface area contributed by atoms with Crippen molar-refractivity contribution in [3.63, 3.8) is 0 Å². The van der Waals surface area contributed by atoms with Crippen molar-refractivity contribution >= 4 is 17.5 Å². The van der Waals surface area contributed by atoms with E-state index in [1.807, 2.05) is 6.07 Å². The number of aromatic nitrogens is 3. The molecular weight excluding hydrogens is 430 g/mol. The number of aryl methyl sites for hydroxylation is 1. The molecule has 162 valence electrons. The third-order valence-corrected chi connectivity index (χ3v) is 5.55. The third kappa shape index (κ3) is 4.18. The molecule has 0 radical (unpaired) electrons. The molecule has 3 aromatic rings. The lowest BCUT2D eigenvalue weighted by atomic mass is 10.00. The van der Waals surface area contributed by atoms with Crippen LogP contribution in [0.3, 0.4) is 0 Å². The molecule has 0 bridgehead atoms. The second kappa shape index (κ2) is 8.50. The number of pyridine rings is 1. The van der Waals surface area contributed by atoms with Gasteiger partial charge in [-0.25, -0.2) is 4.98 Å². The van der Waals surface area contributed by atoms with Crippen molar-refractivity contribution in [2.24, 2.45) is 7.05 Å². The van der Waals surface area contributed by atoms with Gasteiger partial charge in [0.25, 0.3) is 5.91 Å². The van der Waals surface area contributed by atoms with Gasteiger partial charge in [0, 0.05) is 37.8 Å². The molecule has 31 heavy (non-hydrogen) atoms. The quantitative estimate of drug-likeness (QED) is 0.546. The summed E-state index contributed by atoms with van der Waals surface area (Å²) in [6.45, 7) is -2.68. The average Bonchev–Trinajstić information content (AvgIpc) is 3.20. The second-order valence-electron chi connectivity index (χ2n) is 7.05. The van der Waals surface area contributed by atoms with Gasteiger partial charge in [-0.15, -0.1) is 0 Å². The van der Waals surface area contributed by atoms with Gasteiger partial charge in [0.2, 0.25) is 5.88 Å². The Morgan fingerprint density at radius 2 is 2.03 bits per heavy atom. The Kier molecular flexibility index (Phi) is 5.77. The largest absolute Gasteiger partial charge is 0.481 e. The van der Waals surface area contributed by atoms with Crippen molar-refractivity contribution in [3.05, 3.63) is 70.1 Å². The van der Waals surface area contributed by atoms with Crippen LogP contribution in [-0.4, -0.2) is 39.3 Å². The van der Waals surface area contributed by atoms with E-state index in [-0.39, 0.29) is 18.2 Å². The van der Waals surface area contributed by atoms with E-state index in [1.165, 1.54) is 31.5 Å². The highest BCUT2D eigenvalue weighted by Crippen LogP contribution is 2.40. The summed E-state index contributed by atoms with van der Waals surface area (Å²) in [5.74, 6) is 0.250. The van der Waals surface area contributed by atoms with Crippen LogP contribution in [0.15, 0.2) is 42.7 Å². The van der Waals surface area contributed by atoms with E-state index in [0.717, 1.165) is 11.3 Å². The summed E-state index contributed by atoms with van der Waals surface area (Å²) in [6.07, 6.45) is 3.52. The molecule has 10 heteroatoms. The van der Waals surface area contributed by atoms with Crippen molar-refractivity contribution in [2.45, 2.75) is 25.6 Å². The number of fused-ring (bicyclic) bond motifs is 1. The highest BCUT2D eigenvalue weighted by molar-refractivity contribution is 6.31. The van der Waals surface area contributed by atoms with Crippen LogP contribution >= 0.6 is 11.6 Å². The summed E-state index contributed by atoms with van der Waals surface area (Å²) in [6, 6.07) is 7.46. The van der Waals surface area contributed by atoms with E-state index in [2.05, 4.69) is 14.8 Å². The first-order chi connectivity index (χ1) is 14.9. The van der Waals surface area contributed by atoms with E-state index in [1.54, 1.807) is 28.9 Å². The molecule has 1 aliphatic rings. The summed E-state index contributed by atoms with van der Waals surface area (Å²) >= 11 is 6.29. The Labute approximate surface area is 182 Å². The number of methoxy groups -OCH3 is 1. The Morgan fingerprint density at radius 1 is 1.23 bits per heavy atom. The number of carbonyl (C=O) groups excluding carboxylic acids is 1. The van der Waals surface area contributed by atoms with E-state index < -0.39 is 12.7 Å². The van der Waals surface area contributed by atoms with Crippen LogP contribution in [0.25, 0.3) is 0 Å². The maximum Gasteiger partial charge on any atom is 0.387 e. The topological polar surface area (TPSA) is 69.5 Å². The number of carbonyl (C=O) groups is 1. The maximum absolute atomic E-state index is 13.2. The predicted molar refractivity (Wildman–Crippen MR) is 108 cm³/mol. The predicted octanol–water partition coefficient (Wildman–Crippen LogP) is 4.02. The molecule has 0 saturated carbocycles. The minimum atomic E-state index is -2.96. The summed E-state index contributed by atoms with van der Waals surface area (Å²) in [4.78, 5) is 19.1. The first kappa shape index (κ1) is 21.0. The number of alkyl halides is 2. The van der Waals surface area contributed by atoms with Gasteiger partial charge in [-0.2, -0.15) is 13.9 Å². The van der Waals surface area contributed by atoms with Gasteiger partial charge >= 0.3 is 6.61 Å². The first-order valence-corrected chi connectivity index (χ1v) is 9.80. The number of ether oxygens (including phenoxy) is 2. The van der Waals surface area contributed by atoms with Crippen molar-refractivity contribution in [3.8, 4) is 11.6 Å². The Bertz CT molecular complexity index is 1090. The highest BCUT2D eigenvalue weighted by atomic mass is 35.5. The molecule has 7 nitrogen and oxygen atoms in total. The number of halogens is 3. The van der Waals surface area contributed by atoms with Crippen LogP contribution in [0.5, 0.6) is 11.6 Å². The van der Waals surface area contributed by atoms with Crippen LogP contribution in [0.1, 0.15) is 33.2 Å². The molecule has 1 aromatic carbocycles. The van der Waals surface area contributed by atoms with Crippen molar-refractivity contribution in [1.82, 2.24) is 19.7 Å². The van der Waals surface area contributed by atoms with E-state index >= 15 is 0 Å². The number of nitrogens with zero attached hydrogens (tertiary/aromatic N) is 4. The van der Waals surface area contributed by atoms with Crippen LogP contribution in [-0.2, 0) is 20.0 Å². The number of hydrogen-bond donors (Lipinski definition) is 0. The van der Waals surface area contributed by atoms with Crippen LogP contribution < -0.4 is 9.47 Å². The lowest BCUT2D eigenvalue weighted by Crippen LogP contribution is -2.29. The fourth-order valence-corrected chi connectivity index (χ4v) is 3.97. The van der Waals surface area contributed by atoms with Crippen molar-refractivity contribution in [1.29, 1.82) is 0 Å². The molecule has 2 aromatic heterocycles. The zero-order valence-electron chi connectivity index (χ0n) is 16.8. The molecule has 3 heterocycles. The third-order valence-electron chi connectivity index (χ3n) is 5.23. The molecule has 1 atom stereocenters. The fourth-order valence-electron chi connectivity index (χ4n) is 3.72. The molecule has 0 spiro atoms. The Hall–Kier alpha value is -3.20. The van der Waals surface area contributed by atoms with Crippen LogP contribution in [0.4, 0.5) is 8.78 Å². The fraction of sp³-hybridized carbons (Fsp3) is 0.286. The average molecular weight is 449 g/mol. The minimum Gasteiger partial charge on any atom is -0.481 e. The molecule has 0 saturated heterocycles.